The highest BCUT2D eigenvalue weighted by Gasteiger charge is 2.17. The van der Waals surface area contributed by atoms with Crippen molar-refractivity contribution in [3.8, 4) is 23.0 Å². The van der Waals surface area contributed by atoms with Gasteiger partial charge in [0.25, 0.3) is 5.89 Å². The van der Waals surface area contributed by atoms with Gasteiger partial charge in [0.1, 0.15) is 0 Å². The first kappa shape index (κ1) is 13.1. The lowest BCUT2D eigenvalue weighted by Gasteiger charge is -2.03. The predicted octanol–water partition coefficient (Wildman–Crippen LogP) is 2.63. The lowest BCUT2D eigenvalue weighted by atomic mass is 10.1. The summed E-state index contributed by atoms with van der Waals surface area (Å²) in [5.41, 5.74) is 9.11. The topological polar surface area (TPSA) is 82.8 Å². The largest absolute Gasteiger partial charge is 0.398 e. The van der Waals surface area contributed by atoms with Crippen molar-refractivity contribution in [2.24, 2.45) is 7.05 Å². The van der Waals surface area contributed by atoms with Crippen LogP contribution in [0.2, 0.25) is 0 Å². The number of nitrogens with two attached hydrogens (primary N) is 1. The van der Waals surface area contributed by atoms with E-state index in [0.717, 1.165) is 14.7 Å². The fourth-order valence-electron chi connectivity index (χ4n) is 1.93. The van der Waals surface area contributed by atoms with Crippen molar-refractivity contribution >= 4 is 28.3 Å². The molecule has 7 heteroatoms. The summed E-state index contributed by atoms with van der Waals surface area (Å²) < 4.78 is 7.99. The number of aryl methyl sites for hydroxylation is 1. The second kappa shape index (κ2) is 4.89. The van der Waals surface area contributed by atoms with E-state index >= 15 is 0 Å². The van der Waals surface area contributed by atoms with Crippen molar-refractivity contribution in [1.29, 1.82) is 0 Å². The first-order valence-corrected chi connectivity index (χ1v) is 7.03. The maximum Gasteiger partial charge on any atom is 0.279 e. The summed E-state index contributed by atoms with van der Waals surface area (Å²) in [6.45, 7) is 1.94. The molecular formula is C13H12IN5O. The third kappa shape index (κ3) is 2.17. The molecule has 0 atom stereocenters. The summed E-state index contributed by atoms with van der Waals surface area (Å²) in [7, 11) is 1.85. The van der Waals surface area contributed by atoms with Crippen LogP contribution in [0.5, 0.6) is 0 Å². The first-order chi connectivity index (χ1) is 9.56. The van der Waals surface area contributed by atoms with Gasteiger partial charge in [-0.2, -0.15) is 10.1 Å². The number of hydrogen-bond donors (Lipinski definition) is 1. The molecule has 0 aliphatic rings. The van der Waals surface area contributed by atoms with Gasteiger partial charge in [0, 0.05) is 24.5 Å². The zero-order chi connectivity index (χ0) is 14.3. The molecule has 0 saturated carbocycles. The molecule has 0 unspecified atom stereocenters. The Morgan fingerprint density at radius 3 is 2.85 bits per heavy atom. The molecular weight excluding hydrogens is 369 g/mol. The molecule has 2 heterocycles. The molecule has 1 aromatic carbocycles. The van der Waals surface area contributed by atoms with Gasteiger partial charge < -0.3 is 10.3 Å². The summed E-state index contributed by atoms with van der Waals surface area (Å²) >= 11 is 2.19. The van der Waals surface area contributed by atoms with Crippen LogP contribution in [0, 0.1) is 10.5 Å². The predicted molar refractivity (Wildman–Crippen MR) is 83.8 cm³/mol. The summed E-state index contributed by atoms with van der Waals surface area (Å²) in [4.78, 5) is 4.41. The van der Waals surface area contributed by atoms with Gasteiger partial charge in [0.2, 0.25) is 5.82 Å². The van der Waals surface area contributed by atoms with Crippen molar-refractivity contribution in [3.05, 3.63) is 33.5 Å². The van der Waals surface area contributed by atoms with Gasteiger partial charge in [0.15, 0.2) is 5.69 Å². The van der Waals surface area contributed by atoms with Crippen LogP contribution in [0.4, 0.5) is 5.69 Å². The lowest BCUT2D eigenvalue weighted by molar-refractivity contribution is 0.430. The quantitative estimate of drug-likeness (QED) is 0.545. The fourth-order valence-corrected chi connectivity index (χ4v) is 2.67. The van der Waals surface area contributed by atoms with Gasteiger partial charge in [-0.3, -0.25) is 4.68 Å². The molecule has 0 fully saturated rings. The molecule has 0 radical (unpaired) electrons. The fraction of sp³-hybridized carbons (Fsp3) is 0.154. The molecule has 0 spiro atoms. The number of nitrogens with zero attached hydrogens (tertiary/aromatic N) is 4. The highest BCUT2D eigenvalue weighted by Crippen LogP contribution is 2.28. The van der Waals surface area contributed by atoms with Crippen molar-refractivity contribution in [3.63, 3.8) is 0 Å². The molecule has 6 nitrogen and oxygen atoms in total. The molecule has 0 aliphatic heterocycles. The minimum atomic E-state index is 0.409. The number of benzene rings is 1. The number of anilines is 1. The van der Waals surface area contributed by atoms with Crippen LogP contribution in [-0.4, -0.2) is 19.9 Å². The highest BCUT2D eigenvalue weighted by molar-refractivity contribution is 14.1. The van der Waals surface area contributed by atoms with E-state index in [1.165, 1.54) is 0 Å². The second-order valence-electron chi connectivity index (χ2n) is 4.44. The van der Waals surface area contributed by atoms with E-state index in [1.807, 2.05) is 38.4 Å². The Kier molecular flexibility index (Phi) is 3.20. The minimum Gasteiger partial charge on any atom is -0.398 e. The van der Waals surface area contributed by atoms with Gasteiger partial charge in [-0.15, -0.1) is 0 Å². The molecule has 0 amide bonds. The minimum absolute atomic E-state index is 0.409. The van der Waals surface area contributed by atoms with E-state index in [1.54, 1.807) is 4.68 Å². The first-order valence-electron chi connectivity index (χ1n) is 5.95. The Labute approximate surface area is 129 Å². The van der Waals surface area contributed by atoms with Gasteiger partial charge in [-0.05, 0) is 41.1 Å². The smallest absolute Gasteiger partial charge is 0.279 e. The Balaban J connectivity index is 2.06. The molecule has 3 rings (SSSR count). The number of aromatic nitrogens is 4. The number of nitrogen functional groups attached to an aromatic ring is 1. The lowest BCUT2D eigenvalue weighted by Crippen LogP contribution is -1.93. The zero-order valence-electron chi connectivity index (χ0n) is 11.0. The average Bonchev–Trinajstić information content (AvgIpc) is 2.99. The van der Waals surface area contributed by atoms with Gasteiger partial charge in [-0.1, -0.05) is 17.3 Å². The van der Waals surface area contributed by atoms with Crippen molar-refractivity contribution in [2.45, 2.75) is 6.92 Å². The van der Waals surface area contributed by atoms with Crippen LogP contribution < -0.4 is 5.73 Å². The van der Waals surface area contributed by atoms with Crippen molar-refractivity contribution < 1.29 is 4.52 Å². The van der Waals surface area contributed by atoms with E-state index in [9.17, 15) is 0 Å². The van der Waals surface area contributed by atoms with Crippen molar-refractivity contribution in [2.75, 3.05) is 5.73 Å². The van der Waals surface area contributed by atoms with Gasteiger partial charge >= 0.3 is 0 Å². The zero-order valence-corrected chi connectivity index (χ0v) is 13.1. The molecule has 2 aromatic heterocycles. The third-order valence-electron chi connectivity index (χ3n) is 3.03. The van der Waals surface area contributed by atoms with E-state index in [4.69, 9.17) is 10.3 Å². The van der Waals surface area contributed by atoms with Crippen LogP contribution in [0.15, 0.2) is 28.9 Å². The number of hydrogen-bond acceptors (Lipinski definition) is 5. The van der Waals surface area contributed by atoms with E-state index < -0.39 is 0 Å². The molecule has 0 saturated heterocycles. The Bertz CT molecular complexity index is 777. The summed E-state index contributed by atoms with van der Waals surface area (Å²) in [5, 5.41) is 8.34. The Morgan fingerprint density at radius 2 is 2.15 bits per heavy atom. The highest BCUT2D eigenvalue weighted by atomic mass is 127. The summed E-state index contributed by atoms with van der Waals surface area (Å²) in [5.74, 6) is 0.929. The van der Waals surface area contributed by atoms with Gasteiger partial charge in [-0.25, -0.2) is 0 Å². The molecule has 102 valence electrons. The standard InChI is InChI=1S/C13H12IN5O/c1-7-8(4-3-5-10(7)15)12-16-13(20-18-12)11-9(14)6-19(2)17-11/h3-6H,15H2,1-2H3. The molecule has 2 N–H and O–H groups in total. The van der Waals surface area contributed by atoms with E-state index in [2.05, 4.69) is 37.8 Å². The number of rotatable bonds is 2. The SMILES string of the molecule is Cc1c(N)cccc1-c1noc(-c2nn(C)cc2I)n1. The van der Waals surface area contributed by atoms with E-state index in [-0.39, 0.29) is 0 Å². The van der Waals surface area contributed by atoms with Crippen LogP contribution in [0.3, 0.4) is 0 Å². The van der Waals surface area contributed by atoms with Gasteiger partial charge in [0.05, 0.1) is 3.57 Å². The van der Waals surface area contributed by atoms with Crippen molar-refractivity contribution in [1.82, 2.24) is 19.9 Å². The van der Waals surface area contributed by atoms with Crippen LogP contribution >= 0.6 is 22.6 Å². The second-order valence-corrected chi connectivity index (χ2v) is 5.60. The number of halogens is 1. The normalized spacial score (nSPS) is 10.9. The van der Waals surface area contributed by atoms with Crippen LogP contribution in [0.25, 0.3) is 23.0 Å². The van der Waals surface area contributed by atoms with Crippen LogP contribution in [0.1, 0.15) is 5.56 Å². The Hall–Kier alpha value is -1.90. The third-order valence-corrected chi connectivity index (χ3v) is 3.82. The average molecular weight is 381 g/mol. The molecule has 0 aliphatic carbocycles. The molecule has 0 bridgehead atoms. The Morgan fingerprint density at radius 1 is 1.35 bits per heavy atom. The van der Waals surface area contributed by atoms with Crippen LogP contribution in [-0.2, 0) is 7.05 Å². The molecule has 3 aromatic rings. The monoisotopic (exact) mass is 381 g/mol. The summed E-state index contributed by atoms with van der Waals surface area (Å²) in [6.07, 6.45) is 1.89. The summed E-state index contributed by atoms with van der Waals surface area (Å²) in [6, 6.07) is 5.64. The molecule has 20 heavy (non-hydrogen) atoms. The maximum absolute atomic E-state index is 5.90. The maximum atomic E-state index is 5.90. The van der Waals surface area contributed by atoms with E-state index in [0.29, 0.717) is 23.1 Å².